The number of ketones is 1. The van der Waals surface area contributed by atoms with E-state index < -0.39 is 73.9 Å². The molecule has 1 aliphatic rings. The molecule has 0 amide bonds. The van der Waals surface area contributed by atoms with Crippen molar-refractivity contribution >= 4 is 5.78 Å². The fourth-order valence-electron chi connectivity index (χ4n) is 2.20. The molecule has 9 atom stereocenters. The van der Waals surface area contributed by atoms with Gasteiger partial charge in [-0.05, 0) is 0 Å². The smallest absolute Gasteiger partial charge is 0.195 e. The zero-order valence-electron chi connectivity index (χ0n) is 12.0. The lowest BCUT2D eigenvalue weighted by atomic mass is 9.89. The minimum atomic E-state index is -2.33. The molecule has 23 heavy (non-hydrogen) atoms. The van der Waals surface area contributed by atoms with Gasteiger partial charge in [-0.3, -0.25) is 4.79 Å². The molecule has 0 aromatic carbocycles. The second kappa shape index (κ2) is 8.39. The summed E-state index contributed by atoms with van der Waals surface area (Å²) < 4.78 is 4.91. The molecule has 9 N–H and O–H groups in total. The van der Waals surface area contributed by atoms with E-state index >= 15 is 0 Å². The number of carbonyl (C=O) groups excluding carboxylic acids is 1. The molecule has 1 saturated heterocycles. The van der Waals surface area contributed by atoms with Gasteiger partial charge in [0, 0.05) is 0 Å². The summed E-state index contributed by atoms with van der Waals surface area (Å²) in [5, 5.41) is 84.5. The third-order valence-electron chi connectivity index (χ3n) is 3.72. The highest BCUT2D eigenvalue weighted by Gasteiger charge is 2.49. The predicted octanol–water partition coefficient (Wildman–Crippen LogP) is -6.17. The standard InChI is InChI=1S/C12H22O11/c13-1-3(15)5(16)7(18)9(20)11(22)12-10(21)8(19)6(17)4(2-14)23-12/h3-10,12-21H,1-2H2/t3-,4+,5+,6+,7-,8-,9-,10-,12?/m0/s1. The Kier molecular flexibility index (Phi) is 7.41. The Morgan fingerprint density at radius 3 is 1.96 bits per heavy atom. The average Bonchev–Trinajstić information content (AvgIpc) is 2.56. The zero-order chi connectivity index (χ0) is 17.9. The van der Waals surface area contributed by atoms with Gasteiger partial charge in [0.1, 0.15) is 54.9 Å². The first-order valence-electron chi connectivity index (χ1n) is 6.84. The summed E-state index contributed by atoms with van der Waals surface area (Å²) in [6.07, 6.45) is -17.2. The van der Waals surface area contributed by atoms with Crippen LogP contribution in [-0.2, 0) is 9.53 Å². The van der Waals surface area contributed by atoms with E-state index in [1.165, 1.54) is 0 Å². The molecule has 0 saturated carbocycles. The lowest BCUT2D eigenvalue weighted by molar-refractivity contribution is -0.231. The minimum Gasteiger partial charge on any atom is -0.394 e. The lowest BCUT2D eigenvalue weighted by Gasteiger charge is -2.40. The number of aliphatic hydroxyl groups is 9. The van der Waals surface area contributed by atoms with Crippen LogP contribution in [0.1, 0.15) is 0 Å². The lowest BCUT2D eigenvalue weighted by Crippen LogP contribution is -2.63. The number of aliphatic hydroxyl groups excluding tert-OH is 9. The molecule has 136 valence electrons. The fraction of sp³-hybridized carbons (Fsp3) is 0.917. The van der Waals surface area contributed by atoms with E-state index in [0.29, 0.717) is 0 Å². The molecule has 1 fully saturated rings. The first-order valence-corrected chi connectivity index (χ1v) is 6.84. The minimum absolute atomic E-state index is 0.792. The van der Waals surface area contributed by atoms with Crippen molar-refractivity contribution in [1.82, 2.24) is 0 Å². The summed E-state index contributed by atoms with van der Waals surface area (Å²) in [5.74, 6) is -1.35. The van der Waals surface area contributed by atoms with Crippen LogP contribution in [0.5, 0.6) is 0 Å². The summed E-state index contributed by atoms with van der Waals surface area (Å²) in [7, 11) is 0. The van der Waals surface area contributed by atoms with Crippen molar-refractivity contribution in [3.8, 4) is 0 Å². The second-order valence-electron chi connectivity index (χ2n) is 5.33. The SMILES string of the molecule is O=C(C1O[C@H](CO)[C@@H](O)[C@H](O)[C@@H]1O)[C@@H](O)[C@@H](O)[C@H](O)[C@@H](O)CO. The Morgan fingerprint density at radius 1 is 0.913 bits per heavy atom. The predicted molar refractivity (Wildman–Crippen MR) is 69.9 cm³/mol. The number of carbonyl (C=O) groups is 1. The maximum atomic E-state index is 12.1. The van der Waals surface area contributed by atoms with E-state index in [1.54, 1.807) is 0 Å². The molecular weight excluding hydrogens is 320 g/mol. The molecule has 0 radical (unpaired) electrons. The first kappa shape index (κ1) is 20.3. The fourth-order valence-corrected chi connectivity index (χ4v) is 2.20. The molecule has 1 rings (SSSR count). The maximum absolute atomic E-state index is 12.1. The monoisotopic (exact) mass is 342 g/mol. The molecule has 11 nitrogen and oxygen atoms in total. The Hall–Kier alpha value is -0.730. The van der Waals surface area contributed by atoms with Gasteiger partial charge in [-0.25, -0.2) is 0 Å². The number of ether oxygens (including phenoxy) is 1. The van der Waals surface area contributed by atoms with Crippen molar-refractivity contribution in [2.75, 3.05) is 13.2 Å². The van der Waals surface area contributed by atoms with Crippen molar-refractivity contribution in [2.45, 2.75) is 54.9 Å². The largest absolute Gasteiger partial charge is 0.394 e. The van der Waals surface area contributed by atoms with Crippen LogP contribution < -0.4 is 0 Å². The summed E-state index contributed by atoms with van der Waals surface area (Å²) in [4.78, 5) is 12.1. The highest BCUT2D eigenvalue weighted by atomic mass is 16.5. The Labute approximate surface area is 130 Å². The first-order chi connectivity index (χ1) is 10.7. The highest BCUT2D eigenvalue weighted by molar-refractivity contribution is 5.88. The number of hydrogen-bond donors (Lipinski definition) is 9. The molecule has 0 spiro atoms. The van der Waals surface area contributed by atoms with Gasteiger partial charge >= 0.3 is 0 Å². The third kappa shape index (κ3) is 4.22. The van der Waals surface area contributed by atoms with E-state index in [9.17, 15) is 40.5 Å². The van der Waals surface area contributed by atoms with Gasteiger partial charge in [-0.15, -0.1) is 0 Å². The topological polar surface area (TPSA) is 208 Å². The van der Waals surface area contributed by atoms with Crippen LogP contribution in [0.15, 0.2) is 0 Å². The molecule has 1 heterocycles. The summed E-state index contributed by atoms with van der Waals surface area (Å²) in [5.41, 5.74) is 0. The average molecular weight is 342 g/mol. The van der Waals surface area contributed by atoms with E-state index in [-0.39, 0.29) is 0 Å². The van der Waals surface area contributed by atoms with Gasteiger partial charge in [0.2, 0.25) is 0 Å². The number of Topliss-reactive ketones (excluding diaryl/α,β-unsaturated/α-hetero) is 1. The van der Waals surface area contributed by atoms with Crippen LogP contribution in [0.4, 0.5) is 0 Å². The Balaban J connectivity index is 2.85. The van der Waals surface area contributed by atoms with Crippen molar-refractivity contribution in [1.29, 1.82) is 0 Å². The van der Waals surface area contributed by atoms with Gasteiger partial charge < -0.3 is 50.7 Å². The summed E-state index contributed by atoms with van der Waals surface area (Å²) in [6, 6.07) is 0. The van der Waals surface area contributed by atoms with Gasteiger partial charge in [0.15, 0.2) is 5.78 Å². The highest BCUT2D eigenvalue weighted by Crippen LogP contribution is 2.23. The van der Waals surface area contributed by atoms with Crippen LogP contribution in [0, 0.1) is 0 Å². The van der Waals surface area contributed by atoms with E-state index in [1.807, 2.05) is 0 Å². The normalized spacial score (nSPS) is 37.0. The summed E-state index contributed by atoms with van der Waals surface area (Å²) >= 11 is 0. The summed E-state index contributed by atoms with van der Waals surface area (Å²) in [6.45, 7) is -1.74. The maximum Gasteiger partial charge on any atom is 0.195 e. The zero-order valence-corrected chi connectivity index (χ0v) is 12.0. The van der Waals surface area contributed by atoms with Crippen molar-refractivity contribution < 1.29 is 55.5 Å². The van der Waals surface area contributed by atoms with Crippen LogP contribution in [0.25, 0.3) is 0 Å². The van der Waals surface area contributed by atoms with Crippen molar-refractivity contribution in [3.63, 3.8) is 0 Å². The van der Waals surface area contributed by atoms with Crippen LogP contribution in [-0.4, -0.2) is 120 Å². The molecule has 0 aromatic rings. The van der Waals surface area contributed by atoms with E-state index in [4.69, 9.17) is 14.9 Å². The van der Waals surface area contributed by atoms with E-state index in [2.05, 4.69) is 0 Å². The van der Waals surface area contributed by atoms with E-state index in [0.717, 1.165) is 0 Å². The van der Waals surface area contributed by atoms with Crippen molar-refractivity contribution in [3.05, 3.63) is 0 Å². The molecule has 11 heteroatoms. The molecule has 1 aliphatic heterocycles. The number of rotatable bonds is 7. The van der Waals surface area contributed by atoms with Gasteiger partial charge in [-0.2, -0.15) is 0 Å². The van der Waals surface area contributed by atoms with Gasteiger partial charge in [0.25, 0.3) is 0 Å². The molecule has 0 bridgehead atoms. The number of hydrogen-bond acceptors (Lipinski definition) is 11. The van der Waals surface area contributed by atoms with Crippen LogP contribution >= 0.6 is 0 Å². The van der Waals surface area contributed by atoms with Crippen molar-refractivity contribution in [2.24, 2.45) is 0 Å². The van der Waals surface area contributed by atoms with Crippen LogP contribution in [0.3, 0.4) is 0 Å². The molecule has 1 unspecified atom stereocenters. The molecule has 0 aliphatic carbocycles. The Bertz CT molecular complexity index is 389. The van der Waals surface area contributed by atoms with Gasteiger partial charge in [0.05, 0.1) is 13.2 Å². The Morgan fingerprint density at radius 2 is 1.48 bits per heavy atom. The van der Waals surface area contributed by atoms with Crippen LogP contribution in [0.2, 0.25) is 0 Å². The third-order valence-corrected chi connectivity index (χ3v) is 3.72. The van der Waals surface area contributed by atoms with Gasteiger partial charge in [-0.1, -0.05) is 0 Å². The quantitative estimate of drug-likeness (QED) is 0.212. The molecule has 0 aromatic heterocycles. The molecular formula is C12H22O11. The second-order valence-corrected chi connectivity index (χ2v) is 5.33.